The fourth-order valence-electron chi connectivity index (χ4n) is 1.71. The van der Waals surface area contributed by atoms with E-state index in [1.54, 1.807) is 0 Å². The van der Waals surface area contributed by atoms with Gasteiger partial charge in [-0.05, 0) is 37.1 Å². The second-order valence-electron chi connectivity index (χ2n) is 5.89. The predicted octanol–water partition coefficient (Wildman–Crippen LogP) is 2.83. The summed E-state index contributed by atoms with van der Waals surface area (Å²) in [5, 5.41) is 3.52. The second-order valence-corrected chi connectivity index (χ2v) is 5.89. The van der Waals surface area contributed by atoms with E-state index in [9.17, 15) is 0 Å². The highest BCUT2D eigenvalue weighted by Crippen LogP contribution is 2.32. The van der Waals surface area contributed by atoms with Crippen LogP contribution in [0.5, 0.6) is 0 Å². The van der Waals surface area contributed by atoms with Gasteiger partial charge < -0.3 is 10.1 Å². The maximum atomic E-state index is 5.76. The molecule has 1 fully saturated rings. The van der Waals surface area contributed by atoms with Crippen LogP contribution in [-0.4, -0.2) is 25.8 Å². The molecule has 90 valence electrons. The smallest absolute Gasteiger partial charge is 0.0622 e. The second kappa shape index (κ2) is 5.86. The molecule has 0 radical (unpaired) electrons. The molecule has 1 N–H and O–H groups in total. The van der Waals surface area contributed by atoms with Gasteiger partial charge in [0.1, 0.15) is 0 Å². The Morgan fingerprint density at radius 3 is 2.47 bits per heavy atom. The van der Waals surface area contributed by atoms with Crippen LogP contribution in [0.3, 0.4) is 0 Å². The Labute approximate surface area is 94.8 Å². The first-order valence-electron chi connectivity index (χ1n) is 6.34. The minimum atomic E-state index is 0.396. The van der Waals surface area contributed by atoms with Crippen molar-refractivity contribution in [3.63, 3.8) is 0 Å². The quantitative estimate of drug-likeness (QED) is 0.657. The maximum absolute atomic E-state index is 5.76. The molecular weight excluding hydrogens is 186 g/mol. The third-order valence-corrected chi connectivity index (χ3v) is 2.95. The van der Waals surface area contributed by atoms with Crippen LogP contribution in [0.2, 0.25) is 0 Å². The Bertz CT molecular complexity index is 170. The van der Waals surface area contributed by atoms with Crippen LogP contribution in [0, 0.1) is 11.3 Å². The number of hydrogen-bond acceptors (Lipinski definition) is 2. The maximum Gasteiger partial charge on any atom is 0.0622 e. The average molecular weight is 213 g/mol. The fraction of sp³-hybridized carbons (Fsp3) is 1.00. The van der Waals surface area contributed by atoms with Crippen LogP contribution in [0.1, 0.15) is 47.0 Å². The first-order chi connectivity index (χ1) is 7.03. The molecule has 0 aromatic rings. The number of rotatable bonds is 7. The third-order valence-electron chi connectivity index (χ3n) is 2.95. The molecule has 1 aliphatic rings. The van der Waals surface area contributed by atoms with Gasteiger partial charge in [-0.3, -0.25) is 0 Å². The van der Waals surface area contributed by atoms with Gasteiger partial charge >= 0.3 is 0 Å². The predicted molar refractivity (Wildman–Crippen MR) is 65.1 cm³/mol. The number of nitrogens with one attached hydrogen (secondary N) is 1. The molecule has 0 heterocycles. The lowest BCUT2D eigenvalue weighted by Gasteiger charge is -2.20. The van der Waals surface area contributed by atoms with Crippen LogP contribution >= 0.6 is 0 Å². The molecule has 1 atom stereocenters. The van der Waals surface area contributed by atoms with Crippen molar-refractivity contribution in [1.82, 2.24) is 5.32 Å². The molecule has 0 bridgehead atoms. The SMILES string of the molecule is CCNC(COCCC(C)(C)C)C1CC1. The molecule has 1 aliphatic carbocycles. The van der Waals surface area contributed by atoms with Crippen LogP contribution in [0.15, 0.2) is 0 Å². The van der Waals surface area contributed by atoms with Gasteiger partial charge in [0.2, 0.25) is 0 Å². The molecule has 0 aromatic heterocycles. The van der Waals surface area contributed by atoms with Crippen molar-refractivity contribution >= 4 is 0 Å². The standard InChI is InChI=1S/C13H27NO/c1-5-14-12(11-6-7-11)10-15-9-8-13(2,3)4/h11-12,14H,5-10H2,1-4H3. The van der Waals surface area contributed by atoms with Gasteiger partial charge in [0.25, 0.3) is 0 Å². The van der Waals surface area contributed by atoms with Gasteiger partial charge in [-0.1, -0.05) is 27.7 Å². The van der Waals surface area contributed by atoms with E-state index in [0.717, 1.165) is 32.1 Å². The zero-order chi connectivity index (χ0) is 11.3. The van der Waals surface area contributed by atoms with E-state index in [1.165, 1.54) is 12.8 Å². The molecule has 0 aliphatic heterocycles. The normalized spacial score (nSPS) is 19.2. The monoisotopic (exact) mass is 213 g/mol. The van der Waals surface area contributed by atoms with Gasteiger partial charge in [-0.15, -0.1) is 0 Å². The summed E-state index contributed by atoms with van der Waals surface area (Å²) in [4.78, 5) is 0. The first kappa shape index (κ1) is 13.0. The molecule has 15 heavy (non-hydrogen) atoms. The highest BCUT2D eigenvalue weighted by Gasteiger charge is 2.30. The molecule has 1 rings (SSSR count). The Balaban J connectivity index is 2.06. The molecule has 1 saturated carbocycles. The Morgan fingerprint density at radius 1 is 1.33 bits per heavy atom. The lowest BCUT2D eigenvalue weighted by Crippen LogP contribution is -2.35. The summed E-state index contributed by atoms with van der Waals surface area (Å²) in [6.07, 6.45) is 3.93. The van der Waals surface area contributed by atoms with Crippen LogP contribution in [-0.2, 0) is 4.74 Å². The molecule has 0 amide bonds. The van der Waals surface area contributed by atoms with Crippen LogP contribution < -0.4 is 5.32 Å². The van der Waals surface area contributed by atoms with E-state index < -0.39 is 0 Å². The van der Waals surface area contributed by atoms with E-state index in [-0.39, 0.29) is 0 Å². The number of likely N-dealkylation sites (N-methyl/N-ethyl adjacent to an activating group) is 1. The summed E-state index contributed by atoms with van der Waals surface area (Å²) in [5.41, 5.74) is 0.396. The molecule has 1 unspecified atom stereocenters. The lowest BCUT2D eigenvalue weighted by atomic mass is 9.93. The van der Waals surface area contributed by atoms with Crippen LogP contribution in [0.4, 0.5) is 0 Å². The average Bonchev–Trinajstić information content (AvgIpc) is 2.91. The summed E-state index contributed by atoms with van der Waals surface area (Å²) >= 11 is 0. The Morgan fingerprint density at radius 2 is 2.00 bits per heavy atom. The summed E-state index contributed by atoms with van der Waals surface area (Å²) in [6.45, 7) is 11.8. The van der Waals surface area contributed by atoms with Crippen molar-refractivity contribution in [2.45, 2.75) is 53.0 Å². The largest absolute Gasteiger partial charge is 0.380 e. The summed E-state index contributed by atoms with van der Waals surface area (Å²) < 4.78 is 5.76. The van der Waals surface area contributed by atoms with Crippen molar-refractivity contribution in [2.75, 3.05) is 19.8 Å². The Hall–Kier alpha value is -0.0800. The number of ether oxygens (including phenoxy) is 1. The van der Waals surface area contributed by atoms with Gasteiger partial charge in [-0.25, -0.2) is 0 Å². The van der Waals surface area contributed by atoms with Gasteiger partial charge in [0.15, 0.2) is 0 Å². The zero-order valence-corrected chi connectivity index (χ0v) is 10.8. The van der Waals surface area contributed by atoms with Gasteiger partial charge in [0, 0.05) is 12.6 Å². The minimum Gasteiger partial charge on any atom is -0.380 e. The van der Waals surface area contributed by atoms with E-state index in [0.29, 0.717) is 11.5 Å². The summed E-state index contributed by atoms with van der Waals surface area (Å²) in [6, 6.07) is 0.606. The first-order valence-corrected chi connectivity index (χ1v) is 6.34. The van der Waals surface area contributed by atoms with Crippen molar-refractivity contribution in [2.24, 2.45) is 11.3 Å². The van der Waals surface area contributed by atoms with E-state index >= 15 is 0 Å². The van der Waals surface area contributed by atoms with Gasteiger partial charge in [-0.2, -0.15) is 0 Å². The number of hydrogen-bond donors (Lipinski definition) is 1. The molecule has 0 aromatic carbocycles. The van der Waals surface area contributed by atoms with Crippen molar-refractivity contribution in [3.05, 3.63) is 0 Å². The summed E-state index contributed by atoms with van der Waals surface area (Å²) in [7, 11) is 0. The van der Waals surface area contributed by atoms with E-state index in [1.807, 2.05) is 0 Å². The van der Waals surface area contributed by atoms with Gasteiger partial charge in [0.05, 0.1) is 6.61 Å². The molecule has 2 nitrogen and oxygen atoms in total. The highest BCUT2D eigenvalue weighted by atomic mass is 16.5. The molecule has 0 spiro atoms. The molecule has 2 heteroatoms. The van der Waals surface area contributed by atoms with E-state index in [2.05, 4.69) is 33.0 Å². The Kier molecular flexibility index (Phi) is 5.07. The van der Waals surface area contributed by atoms with Crippen LogP contribution in [0.25, 0.3) is 0 Å². The molecule has 0 saturated heterocycles. The highest BCUT2D eigenvalue weighted by molar-refractivity contribution is 4.85. The third kappa shape index (κ3) is 6.16. The van der Waals surface area contributed by atoms with Crippen molar-refractivity contribution in [1.29, 1.82) is 0 Å². The van der Waals surface area contributed by atoms with Crippen molar-refractivity contribution < 1.29 is 4.74 Å². The minimum absolute atomic E-state index is 0.396. The zero-order valence-electron chi connectivity index (χ0n) is 10.8. The summed E-state index contributed by atoms with van der Waals surface area (Å²) in [5.74, 6) is 0.889. The molecular formula is C13H27NO. The fourth-order valence-corrected chi connectivity index (χ4v) is 1.71. The topological polar surface area (TPSA) is 21.3 Å². The van der Waals surface area contributed by atoms with Crippen molar-refractivity contribution in [3.8, 4) is 0 Å². The van der Waals surface area contributed by atoms with E-state index in [4.69, 9.17) is 4.74 Å². The lowest BCUT2D eigenvalue weighted by molar-refractivity contribution is 0.0854.